The molecule has 2 aromatic carbocycles. The van der Waals surface area contributed by atoms with Crippen molar-refractivity contribution >= 4 is 5.69 Å². The van der Waals surface area contributed by atoms with E-state index in [1.54, 1.807) is 12.1 Å². The van der Waals surface area contributed by atoms with Crippen LogP contribution in [0.25, 0.3) is 5.69 Å². The zero-order chi connectivity index (χ0) is 22.1. The third-order valence-electron chi connectivity index (χ3n) is 6.85. The number of fused-ring (bicyclic) bond motifs is 5. The van der Waals surface area contributed by atoms with Gasteiger partial charge in [0.1, 0.15) is 11.4 Å². The van der Waals surface area contributed by atoms with Crippen molar-refractivity contribution in [1.82, 2.24) is 9.78 Å². The lowest BCUT2D eigenvalue weighted by Crippen LogP contribution is -2.57. The summed E-state index contributed by atoms with van der Waals surface area (Å²) in [4.78, 5) is 11.2. The molecule has 2 atom stereocenters. The van der Waals surface area contributed by atoms with Crippen LogP contribution in [0.15, 0.2) is 42.5 Å². The molecule has 0 N–H and O–H groups in total. The number of nitro benzene ring substituents is 1. The molecular formula is C24H25N3O4. The van der Waals surface area contributed by atoms with Gasteiger partial charge in [0.15, 0.2) is 0 Å². The molecule has 0 fully saturated rings. The van der Waals surface area contributed by atoms with Gasteiger partial charge in [-0.05, 0) is 45.9 Å². The summed E-state index contributed by atoms with van der Waals surface area (Å²) in [6.07, 6.45) is 0. The Morgan fingerprint density at radius 3 is 2.52 bits per heavy atom. The number of hydrogen-bond donors (Lipinski definition) is 0. The van der Waals surface area contributed by atoms with Crippen LogP contribution in [0, 0.1) is 29.9 Å². The van der Waals surface area contributed by atoms with E-state index in [0.717, 1.165) is 22.5 Å². The Kier molecular flexibility index (Phi) is 4.00. The molecule has 0 aliphatic carbocycles. The second-order valence-electron chi connectivity index (χ2n) is 9.22. The third kappa shape index (κ3) is 2.69. The highest BCUT2D eigenvalue weighted by atomic mass is 16.6. The molecule has 2 aliphatic heterocycles. The Morgan fingerprint density at radius 1 is 1.13 bits per heavy atom. The van der Waals surface area contributed by atoms with Crippen molar-refractivity contribution in [1.29, 1.82) is 0 Å². The molecule has 3 heterocycles. The molecule has 0 saturated carbocycles. The highest BCUT2D eigenvalue weighted by Gasteiger charge is 2.58. The van der Waals surface area contributed by atoms with Gasteiger partial charge in [0.25, 0.3) is 5.69 Å². The zero-order valence-electron chi connectivity index (χ0n) is 18.3. The quantitative estimate of drug-likeness (QED) is 0.437. The molecule has 2 aliphatic rings. The summed E-state index contributed by atoms with van der Waals surface area (Å²) in [6.45, 7) is 10.7. The smallest absolute Gasteiger partial charge is 0.270 e. The molecule has 0 bridgehead atoms. The van der Waals surface area contributed by atoms with Crippen LogP contribution in [-0.2, 0) is 5.41 Å². The van der Waals surface area contributed by atoms with Gasteiger partial charge in [-0.3, -0.25) is 10.1 Å². The van der Waals surface area contributed by atoms with Gasteiger partial charge in [-0.25, -0.2) is 4.68 Å². The molecule has 0 spiro atoms. The van der Waals surface area contributed by atoms with Gasteiger partial charge < -0.3 is 9.47 Å². The van der Waals surface area contributed by atoms with Crippen LogP contribution in [0.5, 0.6) is 11.6 Å². The predicted octanol–water partition coefficient (Wildman–Crippen LogP) is 4.88. The maximum Gasteiger partial charge on any atom is 0.270 e. The zero-order valence-corrected chi connectivity index (χ0v) is 18.3. The van der Waals surface area contributed by atoms with Crippen molar-refractivity contribution in [2.24, 2.45) is 5.92 Å². The molecule has 0 radical (unpaired) electrons. The summed E-state index contributed by atoms with van der Waals surface area (Å²) < 4.78 is 14.5. The number of ether oxygens (including phenoxy) is 2. The van der Waals surface area contributed by atoms with E-state index in [1.807, 2.05) is 56.6 Å². The second kappa shape index (κ2) is 6.33. The molecule has 5 rings (SSSR count). The van der Waals surface area contributed by atoms with E-state index in [-0.39, 0.29) is 16.5 Å². The highest BCUT2D eigenvalue weighted by molar-refractivity contribution is 5.59. The van der Waals surface area contributed by atoms with E-state index in [4.69, 9.17) is 14.6 Å². The maximum absolute atomic E-state index is 11.5. The summed E-state index contributed by atoms with van der Waals surface area (Å²) in [6, 6.07) is 13.0. The van der Waals surface area contributed by atoms with Crippen LogP contribution in [-0.4, -0.2) is 26.9 Å². The maximum atomic E-state index is 11.5. The van der Waals surface area contributed by atoms with E-state index in [0.29, 0.717) is 18.2 Å². The average molecular weight is 419 g/mol. The molecule has 0 unspecified atom stereocenters. The van der Waals surface area contributed by atoms with Crippen LogP contribution in [0.1, 0.15) is 43.2 Å². The summed E-state index contributed by atoms with van der Waals surface area (Å²) >= 11 is 0. The molecule has 7 heteroatoms. The van der Waals surface area contributed by atoms with Gasteiger partial charge in [0.2, 0.25) is 5.88 Å². The first-order valence-electron chi connectivity index (χ1n) is 10.4. The van der Waals surface area contributed by atoms with Crippen molar-refractivity contribution < 1.29 is 14.4 Å². The molecule has 7 nitrogen and oxygen atoms in total. The van der Waals surface area contributed by atoms with Crippen LogP contribution < -0.4 is 9.47 Å². The Labute approximate surface area is 180 Å². The normalized spacial score (nSPS) is 23.1. The summed E-state index contributed by atoms with van der Waals surface area (Å²) in [5.74, 6) is 1.32. The van der Waals surface area contributed by atoms with Crippen LogP contribution in [0.4, 0.5) is 5.69 Å². The van der Waals surface area contributed by atoms with E-state index >= 15 is 0 Å². The highest BCUT2D eigenvalue weighted by Crippen LogP contribution is 2.58. The van der Waals surface area contributed by atoms with Gasteiger partial charge >= 0.3 is 0 Å². The minimum atomic E-state index is -0.570. The number of nitrogens with zero attached hydrogens (tertiary/aromatic N) is 3. The number of benzene rings is 2. The number of rotatable bonds is 2. The SMILES string of the molecule is Cc1ccc(-n2nc(C)c3c2OC(C)(C)[C@H]2COc4ccc([N+](=O)[O-])cc4[C@@]32C)cc1. The van der Waals surface area contributed by atoms with Crippen LogP contribution >= 0.6 is 0 Å². The fourth-order valence-corrected chi connectivity index (χ4v) is 5.28. The molecule has 1 aromatic heterocycles. The summed E-state index contributed by atoms with van der Waals surface area (Å²) in [5, 5.41) is 16.4. The average Bonchev–Trinajstić information content (AvgIpc) is 3.04. The number of hydrogen-bond acceptors (Lipinski definition) is 5. The van der Waals surface area contributed by atoms with Gasteiger partial charge in [0, 0.05) is 34.6 Å². The van der Waals surface area contributed by atoms with E-state index in [2.05, 4.69) is 6.92 Å². The fourth-order valence-electron chi connectivity index (χ4n) is 5.28. The number of aromatic nitrogens is 2. The second-order valence-corrected chi connectivity index (χ2v) is 9.22. The van der Waals surface area contributed by atoms with Crippen molar-refractivity contribution in [3.8, 4) is 17.3 Å². The molecule has 160 valence electrons. The first kappa shape index (κ1) is 19.6. The van der Waals surface area contributed by atoms with E-state index < -0.39 is 11.0 Å². The number of non-ortho nitro benzene ring substituents is 1. The van der Waals surface area contributed by atoms with Crippen LogP contribution in [0.2, 0.25) is 0 Å². The van der Waals surface area contributed by atoms with Gasteiger partial charge in [-0.1, -0.05) is 24.6 Å². The van der Waals surface area contributed by atoms with Crippen molar-refractivity contribution in [2.45, 2.75) is 45.6 Å². The summed E-state index contributed by atoms with van der Waals surface area (Å²) in [7, 11) is 0. The topological polar surface area (TPSA) is 79.4 Å². The fraction of sp³-hybridized carbons (Fsp3) is 0.375. The predicted molar refractivity (Wildman–Crippen MR) is 116 cm³/mol. The van der Waals surface area contributed by atoms with Crippen molar-refractivity contribution in [2.75, 3.05) is 6.61 Å². The van der Waals surface area contributed by atoms with Crippen molar-refractivity contribution in [3.05, 3.63) is 75.0 Å². The van der Waals surface area contributed by atoms with E-state index in [1.165, 1.54) is 11.6 Å². The number of aryl methyl sites for hydroxylation is 2. The Hall–Kier alpha value is -3.35. The standard InChI is InChI=1S/C24H25N3O4/c1-14-6-8-16(9-7-14)26-22-21(15(2)25-26)24(5)18-12-17(27(28)29)10-11-19(18)30-13-20(24)23(3,4)31-22/h6-12,20H,13H2,1-5H3/t20-,24-/m1/s1. The van der Waals surface area contributed by atoms with Crippen molar-refractivity contribution in [3.63, 3.8) is 0 Å². The van der Waals surface area contributed by atoms with Gasteiger partial charge in [0.05, 0.1) is 22.9 Å². The largest absolute Gasteiger partial charge is 0.493 e. The molecular weight excluding hydrogens is 394 g/mol. The lowest BCUT2D eigenvalue weighted by atomic mass is 9.59. The Bertz CT molecular complexity index is 1210. The molecule has 0 saturated heterocycles. The summed E-state index contributed by atoms with van der Waals surface area (Å²) in [5.41, 5.74) is 3.63. The minimum absolute atomic E-state index is 0.0450. The van der Waals surface area contributed by atoms with Gasteiger partial charge in [-0.15, -0.1) is 0 Å². The first-order valence-corrected chi connectivity index (χ1v) is 10.4. The van der Waals surface area contributed by atoms with Gasteiger partial charge in [-0.2, -0.15) is 5.10 Å². The monoisotopic (exact) mass is 419 g/mol. The molecule has 3 aromatic rings. The Morgan fingerprint density at radius 2 is 1.84 bits per heavy atom. The third-order valence-corrected chi connectivity index (χ3v) is 6.85. The van der Waals surface area contributed by atoms with Crippen LogP contribution in [0.3, 0.4) is 0 Å². The molecule has 31 heavy (non-hydrogen) atoms. The Balaban J connectivity index is 1.80. The number of nitro groups is 1. The molecule has 0 amide bonds. The van der Waals surface area contributed by atoms with E-state index in [9.17, 15) is 10.1 Å². The lowest BCUT2D eigenvalue weighted by molar-refractivity contribution is -0.385. The first-order chi connectivity index (χ1) is 14.6. The lowest BCUT2D eigenvalue weighted by Gasteiger charge is -2.52. The minimum Gasteiger partial charge on any atom is -0.493 e.